The van der Waals surface area contributed by atoms with Crippen molar-refractivity contribution in [1.29, 1.82) is 0 Å². The third-order valence-corrected chi connectivity index (χ3v) is 2.68. The molecule has 0 radical (unpaired) electrons. The van der Waals surface area contributed by atoms with E-state index in [0.29, 0.717) is 0 Å². The van der Waals surface area contributed by atoms with Gasteiger partial charge in [-0.3, -0.25) is 4.98 Å². The second-order valence-corrected chi connectivity index (χ2v) is 5.54. The summed E-state index contributed by atoms with van der Waals surface area (Å²) >= 11 is 1.52. The van der Waals surface area contributed by atoms with Gasteiger partial charge in [-0.1, -0.05) is 41.5 Å². The van der Waals surface area contributed by atoms with Gasteiger partial charge in [0.05, 0.1) is 10.4 Å². The number of fused-ring (bicyclic) bond motifs is 1. The Balaban J connectivity index is 0. The molecule has 2 aromatic heterocycles. The van der Waals surface area contributed by atoms with Gasteiger partial charge in [-0.05, 0) is 43.4 Å². The third-order valence-electron chi connectivity index (χ3n) is 1.78. The number of nitrogens with two attached hydrogens (primary N) is 1. The van der Waals surface area contributed by atoms with E-state index >= 15 is 0 Å². The first-order chi connectivity index (χ1) is 9.43. The van der Waals surface area contributed by atoms with E-state index in [1.165, 1.54) is 27.2 Å². The summed E-state index contributed by atoms with van der Waals surface area (Å²) in [6, 6.07) is 0. The highest BCUT2D eigenvalue weighted by Gasteiger charge is 2.02. The lowest BCUT2D eigenvalue weighted by atomic mass is 10.2. The van der Waals surface area contributed by atoms with E-state index in [1.807, 2.05) is 40.1 Å². The molecule has 0 unspecified atom stereocenters. The van der Waals surface area contributed by atoms with Crippen LogP contribution in [0, 0.1) is 19.8 Å². The molecule has 0 aromatic carbocycles. The molecule has 2 aromatic rings. The molecule has 3 nitrogen and oxygen atoms in total. The van der Waals surface area contributed by atoms with Gasteiger partial charge < -0.3 is 5.73 Å². The van der Waals surface area contributed by atoms with Gasteiger partial charge in [0.1, 0.15) is 0 Å². The van der Waals surface area contributed by atoms with Crippen molar-refractivity contribution >= 4 is 21.6 Å². The molecule has 0 saturated carbocycles. The van der Waals surface area contributed by atoms with E-state index in [2.05, 4.69) is 37.1 Å². The van der Waals surface area contributed by atoms with Crippen LogP contribution in [0.15, 0.2) is 12.4 Å². The molecule has 2 heterocycles. The van der Waals surface area contributed by atoms with Crippen molar-refractivity contribution in [2.45, 2.75) is 55.4 Å². The van der Waals surface area contributed by atoms with Gasteiger partial charge in [-0.15, -0.1) is 0 Å². The molecule has 0 bridgehead atoms. The average Bonchev–Trinajstić information content (AvgIpc) is 2.87. The van der Waals surface area contributed by atoms with Crippen molar-refractivity contribution < 1.29 is 0 Å². The second kappa shape index (κ2) is 13.0. The zero-order valence-electron chi connectivity index (χ0n) is 14.3. The zero-order valence-corrected chi connectivity index (χ0v) is 15.1. The van der Waals surface area contributed by atoms with Crippen molar-refractivity contribution in [3.8, 4) is 0 Å². The Bertz CT molecular complexity index is 411. The van der Waals surface area contributed by atoms with Crippen LogP contribution >= 0.6 is 11.5 Å². The molecule has 0 amide bonds. The number of pyridine rings is 1. The molecule has 0 fully saturated rings. The molecule has 20 heavy (non-hydrogen) atoms. The van der Waals surface area contributed by atoms with E-state index in [9.17, 15) is 0 Å². The van der Waals surface area contributed by atoms with E-state index in [4.69, 9.17) is 5.73 Å². The minimum Gasteiger partial charge on any atom is -0.331 e. The van der Waals surface area contributed by atoms with Gasteiger partial charge in [-0.2, -0.15) is 4.37 Å². The van der Waals surface area contributed by atoms with Crippen LogP contribution in [0.4, 0.5) is 0 Å². The predicted molar refractivity (Wildman–Crippen MR) is 93.5 cm³/mol. The number of rotatable bonds is 0. The average molecular weight is 298 g/mol. The van der Waals surface area contributed by atoms with Gasteiger partial charge in [0.2, 0.25) is 0 Å². The summed E-state index contributed by atoms with van der Waals surface area (Å²) in [5.74, 6) is 0.833. The van der Waals surface area contributed by atoms with E-state index in [1.54, 1.807) is 0 Å². The van der Waals surface area contributed by atoms with Crippen LogP contribution in [0.2, 0.25) is 0 Å². The van der Waals surface area contributed by atoms with Crippen LogP contribution in [0.1, 0.15) is 52.8 Å². The monoisotopic (exact) mass is 297 g/mol. The van der Waals surface area contributed by atoms with E-state index < -0.39 is 0 Å². The predicted octanol–water partition coefficient (Wildman–Crippen LogP) is 4.96. The molecule has 0 aliphatic rings. The molecule has 2 N–H and O–H groups in total. The molecule has 116 valence electrons. The summed E-state index contributed by atoms with van der Waals surface area (Å²) in [6.45, 7) is 17.2. The minimum absolute atomic E-state index is 0.750. The maximum absolute atomic E-state index is 4.85. The van der Waals surface area contributed by atoms with Crippen LogP contribution in [-0.4, -0.2) is 15.9 Å². The fourth-order valence-electron chi connectivity index (χ4n) is 1.10. The third kappa shape index (κ3) is 8.99. The SMILES string of the molecule is CC.CC(C)C.CCN.Cc1cnc(C)c2sncc12. The number of aromatic nitrogens is 2. The molecular formula is C16H31N3S. The minimum atomic E-state index is 0.750. The Hall–Kier alpha value is -1.00. The van der Waals surface area contributed by atoms with E-state index in [0.717, 1.165) is 18.2 Å². The Morgan fingerprint density at radius 3 is 2.00 bits per heavy atom. The zero-order chi connectivity index (χ0) is 16.1. The lowest BCUT2D eigenvalue weighted by molar-refractivity contribution is 0.737. The lowest BCUT2D eigenvalue weighted by Gasteiger charge is -1.95. The summed E-state index contributed by atoms with van der Waals surface area (Å²) < 4.78 is 5.34. The van der Waals surface area contributed by atoms with Crippen LogP contribution in [0.25, 0.3) is 10.1 Å². The molecule has 0 atom stereocenters. The van der Waals surface area contributed by atoms with Gasteiger partial charge in [-0.25, -0.2) is 0 Å². The number of nitrogens with zero attached hydrogens (tertiary/aromatic N) is 2. The van der Waals surface area contributed by atoms with Gasteiger partial charge in [0.25, 0.3) is 0 Å². The highest BCUT2D eigenvalue weighted by Crippen LogP contribution is 2.22. The normalized spacial score (nSPS) is 8.90. The lowest BCUT2D eigenvalue weighted by Crippen LogP contribution is -1.87. The highest BCUT2D eigenvalue weighted by molar-refractivity contribution is 7.13. The van der Waals surface area contributed by atoms with Crippen molar-refractivity contribution in [1.82, 2.24) is 9.36 Å². The Morgan fingerprint density at radius 1 is 1.15 bits per heavy atom. The van der Waals surface area contributed by atoms with Gasteiger partial charge in [0, 0.05) is 17.8 Å². The molecule has 2 rings (SSSR count). The van der Waals surface area contributed by atoms with Crippen molar-refractivity contribution in [3.63, 3.8) is 0 Å². The highest BCUT2D eigenvalue weighted by atomic mass is 32.1. The fourth-order valence-corrected chi connectivity index (χ4v) is 1.86. The van der Waals surface area contributed by atoms with Crippen LogP contribution in [-0.2, 0) is 0 Å². The number of aryl methyl sites for hydroxylation is 2. The van der Waals surface area contributed by atoms with Crippen LogP contribution in [0.5, 0.6) is 0 Å². The Morgan fingerprint density at radius 2 is 1.60 bits per heavy atom. The molecule has 0 aliphatic carbocycles. The van der Waals surface area contributed by atoms with Gasteiger partial charge >= 0.3 is 0 Å². The first-order valence-electron chi connectivity index (χ1n) is 7.30. The standard InChI is InChI=1S/C8H8N2S.C4H10.C2H7N.C2H6/c1-5-3-9-6(2)8-7(5)4-10-11-8;1-4(2)3;1-2-3;1-2/h3-4H,1-2H3;4H,1-3H3;2-3H2,1H3;1-2H3. The summed E-state index contributed by atoms with van der Waals surface area (Å²) in [5.41, 5.74) is 7.13. The molecule has 0 spiro atoms. The van der Waals surface area contributed by atoms with Crippen LogP contribution < -0.4 is 5.73 Å². The van der Waals surface area contributed by atoms with Crippen molar-refractivity contribution in [3.05, 3.63) is 23.7 Å². The maximum Gasteiger partial charge on any atom is 0.0765 e. The number of hydrogen-bond acceptors (Lipinski definition) is 4. The summed E-state index contributed by atoms with van der Waals surface area (Å²) in [4.78, 5) is 4.25. The molecular weight excluding hydrogens is 266 g/mol. The van der Waals surface area contributed by atoms with Crippen molar-refractivity contribution in [2.24, 2.45) is 11.7 Å². The summed E-state index contributed by atoms with van der Waals surface area (Å²) in [5, 5.41) is 1.24. The largest absolute Gasteiger partial charge is 0.331 e. The first-order valence-corrected chi connectivity index (χ1v) is 8.07. The fraction of sp³-hybridized carbons (Fsp3) is 0.625. The van der Waals surface area contributed by atoms with E-state index in [-0.39, 0.29) is 0 Å². The summed E-state index contributed by atoms with van der Waals surface area (Å²) in [6.07, 6.45) is 3.80. The first kappa shape index (κ1) is 21.3. The maximum atomic E-state index is 4.85. The Kier molecular flexibility index (Phi) is 13.9. The molecule has 4 heteroatoms. The quantitative estimate of drug-likeness (QED) is 0.747. The molecule has 0 saturated heterocycles. The summed E-state index contributed by atoms with van der Waals surface area (Å²) in [7, 11) is 0. The van der Waals surface area contributed by atoms with Gasteiger partial charge in [0.15, 0.2) is 0 Å². The Labute approximate surface area is 128 Å². The van der Waals surface area contributed by atoms with Crippen molar-refractivity contribution in [2.75, 3.05) is 6.54 Å². The number of hydrogen-bond donors (Lipinski definition) is 1. The molecule has 0 aliphatic heterocycles. The topological polar surface area (TPSA) is 51.8 Å². The van der Waals surface area contributed by atoms with Crippen LogP contribution in [0.3, 0.4) is 0 Å². The smallest absolute Gasteiger partial charge is 0.0765 e. The second-order valence-electron chi connectivity index (χ2n) is 4.74.